The topological polar surface area (TPSA) is 32.3 Å². The highest BCUT2D eigenvalue weighted by Gasteiger charge is 2.32. The van der Waals surface area contributed by atoms with Gasteiger partial charge in [-0.2, -0.15) is 13.2 Å². The van der Waals surface area contributed by atoms with Gasteiger partial charge in [0.05, 0.1) is 6.54 Å². The molecule has 0 saturated carbocycles. The summed E-state index contributed by atoms with van der Waals surface area (Å²) in [4.78, 5) is 11.4. The van der Waals surface area contributed by atoms with Crippen LogP contribution in [0.25, 0.3) is 0 Å². The Hall–Kier alpha value is -0.490. The van der Waals surface area contributed by atoms with E-state index in [1.165, 1.54) is 4.90 Å². The Labute approximate surface area is 92.4 Å². The van der Waals surface area contributed by atoms with E-state index in [1.54, 1.807) is 0 Å². The molecule has 0 aromatic rings. The number of halogens is 4. The summed E-state index contributed by atoms with van der Waals surface area (Å²) in [5.41, 5.74) is 0. The van der Waals surface area contributed by atoms with Crippen molar-refractivity contribution in [2.45, 2.75) is 25.1 Å². The van der Waals surface area contributed by atoms with Crippen molar-refractivity contribution in [2.24, 2.45) is 0 Å². The molecule has 0 aliphatic carbocycles. The molecule has 0 aromatic heterocycles. The first kappa shape index (κ1) is 14.5. The van der Waals surface area contributed by atoms with Gasteiger partial charge >= 0.3 is 6.18 Å². The highest BCUT2D eigenvalue weighted by atomic mass is 35.5. The summed E-state index contributed by atoms with van der Waals surface area (Å²) >= 11 is 0. The monoisotopic (exact) mass is 246 g/mol. The molecule has 1 fully saturated rings. The number of alkyl halides is 3. The van der Waals surface area contributed by atoms with Crippen molar-refractivity contribution in [1.82, 2.24) is 10.2 Å². The number of nitrogens with one attached hydrogen (secondary N) is 1. The van der Waals surface area contributed by atoms with Crippen LogP contribution in [0.3, 0.4) is 0 Å². The van der Waals surface area contributed by atoms with Crippen LogP contribution in [0, 0.1) is 0 Å². The van der Waals surface area contributed by atoms with Gasteiger partial charge < -0.3 is 5.32 Å². The summed E-state index contributed by atoms with van der Waals surface area (Å²) in [5, 5.41) is 2.51. The number of carbonyl (C=O) groups is 1. The van der Waals surface area contributed by atoms with E-state index in [0.29, 0.717) is 19.4 Å². The van der Waals surface area contributed by atoms with Gasteiger partial charge in [0.15, 0.2) is 0 Å². The summed E-state index contributed by atoms with van der Waals surface area (Å²) in [6, 6.07) is -0.136. The quantitative estimate of drug-likeness (QED) is 0.759. The fourth-order valence-electron chi connectivity index (χ4n) is 1.68. The number of hydrogen-bond donors (Lipinski definition) is 1. The third-order valence-electron chi connectivity index (χ3n) is 2.21. The Balaban J connectivity index is 0.00000196. The molecule has 1 rings (SSSR count). The molecule has 1 aliphatic heterocycles. The molecule has 3 nitrogen and oxygen atoms in total. The molecule has 0 aromatic carbocycles. The summed E-state index contributed by atoms with van der Waals surface area (Å²) in [6.07, 6.45) is -2.15. The molecule has 1 heterocycles. The Morgan fingerprint density at radius 1 is 1.47 bits per heavy atom. The van der Waals surface area contributed by atoms with Gasteiger partial charge in [0.2, 0.25) is 6.41 Å². The Morgan fingerprint density at radius 3 is 2.67 bits per heavy atom. The predicted octanol–water partition coefficient (Wildman–Crippen LogP) is 1.18. The molecular formula is C8H14ClF3N2O. The average Bonchev–Trinajstić information content (AvgIpc) is 2.02. The molecule has 1 saturated heterocycles. The summed E-state index contributed by atoms with van der Waals surface area (Å²) in [7, 11) is 0. The second kappa shape index (κ2) is 6.17. The lowest BCUT2D eigenvalue weighted by Gasteiger charge is -2.32. The second-order valence-corrected chi connectivity index (χ2v) is 3.47. The molecule has 7 heteroatoms. The van der Waals surface area contributed by atoms with Crippen molar-refractivity contribution in [1.29, 1.82) is 0 Å². The zero-order valence-corrected chi connectivity index (χ0v) is 8.90. The Kier molecular flexibility index (Phi) is 5.97. The SMILES string of the molecule is Cl.O=CNC1CCCN(CC(F)(F)F)C1. The minimum Gasteiger partial charge on any atom is -0.355 e. The predicted molar refractivity (Wildman–Crippen MR) is 52.0 cm³/mol. The number of piperidine rings is 1. The van der Waals surface area contributed by atoms with E-state index >= 15 is 0 Å². The van der Waals surface area contributed by atoms with E-state index in [9.17, 15) is 18.0 Å². The zero-order valence-electron chi connectivity index (χ0n) is 8.09. The highest BCUT2D eigenvalue weighted by molar-refractivity contribution is 5.85. The van der Waals surface area contributed by atoms with Gasteiger partial charge in [-0.15, -0.1) is 12.4 Å². The van der Waals surface area contributed by atoms with Crippen molar-refractivity contribution in [3.63, 3.8) is 0 Å². The number of rotatable bonds is 3. The van der Waals surface area contributed by atoms with Gasteiger partial charge in [-0.05, 0) is 19.4 Å². The number of nitrogens with zero attached hydrogens (tertiary/aromatic N) is 1. The molecular weight excluding hydrogens is 233 g/mol. The first-order valence-electron chi connectivity index (χ1n) is 4.50. The molecule has 1 atom stereocenters. The van der Waals surface area contributed by atoms with Gasteiger partial charge in [0.1, 0.15) is 0 Å². The Bertz CT molecular complexity index is 201. The summed E-state index contributed by atoms with van der Waals surface area (Å²) in [6.45, 7) is -0.140. The van der Waals surface area contributed by atoms with Crippen LogP contribution < -0.4 is 5.32 Å². The standard InChI is InChI=1S/C8H13F3N2O.ClH/c9-8(10,11)5-13-3-1-2-7(4-13)12-6-14;/h6-7H,1-5H2,(H,12,14);1H. The molecule has 1 unspecified atom stereocenters. The van der Waals surface area contributed by atoms with Gasteiger partial charge in [-0.25, -0.2) is 0 Å². The van der Waals surface area contributed by atoms with E-state index in [-0.39, 0.29) is 25.0 Å². The molecule has 0 radical (unpaired) electrons. The van der Waals surface area contributed by atoms with E-state index in [4.69, 9.17) is 0 Å². The van der Waals surface area contributed by atoms with Gasteiger partial charge in [-0.1, -0.05) is 0 Å². The van der Waals surface area contributed by atoms with Crippen molar-refractivity contribution in [3.05, 3.63) is 0 Å². The normalized spacial score (nSPS) is 23.0. The fraction of sp³-hybridized carbons (Fsp3) is 0.875. The van der Waals surface area contributed by atoms with Crippen LogP contribution in [0.5, 0.6) is 0 Å². The van der Waals surface area contributed by atoms with Gasteiger partial charge in [0.25, 0.3) is 0 Å². The number of hydrogen-bond acceptors (Lipinski definition) is 2. The van der Waals surface area contributed by atoms with Crippen molar-refractivity contribution in [2.75, 3.05) is 19.6 Å². The van der Waals surface area contributed by atoms with E-state index < -0.39 is 12.7 Å². The lowest BCUT2D eigenvalue weighted by Crippen LogP contribution is -2.48. The molecule has 15 heavy (non-hydrogen) atoms. The smallest absolute Gasteiger partial charge is 0.355 e. The Morgan fingerprint density at radius 2 is 2.13 bits per heavy atom. The minimum absolute atomic E-state index is 0. The maximum atomic E-state index is 12.0. The molecule has 0 spiro atoms. The lowest BCUT2D eigenvalue weighted by atomic mass is 10.1. The van der Waals surface area contributed by atoms with Gasteiger partial charge in [0, 0.05) is 12.6 Å². The minimum atomic E-state index is -4.15. The van der Waals surface area contributed by atoms with Crippen LogP contribution >= 0.6 is 12.4 Å². The zero-order chi connectivity index (χ0) is 10.6. The van der Waals surface area contributed by atoms with Crippen LogP contribution in [0.15, 0.2) is 0 Å². The van der Waals surface area contributed by atoms with Crippen LogP contribution in [0.4, 0.5) is 13.2 Å². The third-order valence-corrected chi connectivity index (χ3v) is 2.21. The number of amides is 1. The average molecular weight is 247 g/mol. The van der Waals surface area contributed by atoms with Crippen molar-refractivity contribution >= 4 is 18.8 Å². The second-order valence-electron chi connectivity index (χ2n) is 3.47. The maximum Gasteiger partial charge on any atom is 0.401 e. The molecule has 0 bridgehead atoms. The van der Waals surface area contributed by atoms with Crippen molar-refractivity contribution < 1.29 is 18.0 Å². The molecule has 90 valence electrons. The van der Waals surface area contributed by atoms with E-state index in [2.05, 4.69) is 5.32 Å². The van der Waals surface area contributed by atoms with Gasteiger partial charge in [-0.3, -0.25) is 9.69 Å². The summed E-state index contributed by atoms with van der Waals surface area (Å²) < 4.78 is 36.1. The highest BCUT2D eigenvalue weighted by Crippen LogP contribution is 2.19. The molecule has 1 amide bonds. The molecule has 1 aliphatic rings. The third kappa shape index (κ3) is 5.84. The first-order valence-corrected chi connectivity index (χ1v) is 4.50. The van der Waals surface area contributed by atoms with Crippen LogP contribution in [-0.2, 0) is 4.79 Å². The largest absolute Gasteiger partial charge is 0.401 e. The first-order chi connectivity index (χ1) is 6.51. The maximum absolute atomic E-state index is 12.0. The lowest BCUT2D eigenvalue weighted by molar-refractivity contribution is -0.148. The summed E-state index contributed by atoms with van der Waals surface area (Å²) in [5.74, 6) is 0. The molecule has 1 N–H and O–H groups in total. The van der Waals surface area contributed by atoms with E-state index in [0.717, 1.165) is 6.42 Å². The van der Waals surface area contributed by atoms with Crippen LogP contribution in [0.1, 0.15) is 12.8 Å². The number of carbonyl (C=O) groups excluding carboxylic acids is 1. The fourth-order valence-corrected chi connectivity index (χ4v) is 1.68. The van der Waals surface area contributed by atoms with Crippen molar-refractivity contribution in [3.8, 4) is 0 Å². The van der Waals surface area contributed by atoms with Crippen LogP contribution in [-0.4, -0.2) is 43.2 Å². The van der Waals surface area contributed by atoms with Crippen LogP contribution in [0.2, 0.25) is 0 Å². The number of likely N-dealkylation sites (tertiary alicyclic amines) is 1. The van der Waals surface area contributed by atoms with E-state index in [1.807, 2.05) is 0 Å².